The molecule has 0 aromatic carbocycles. The van der Waals surface area contributed by atoms with Crippen LogP contribution in [0.2, 0.25) is 0 Å². The van der Waals surface area contributed by atoms with E-state index in [0.717, 1.165) is 23.3 Å². The summed E-state index contributed by atoms with van der Waals surface area (Å²) in [5, 5.41) is 0. The van der Waals surface area contributed by atoms with E-state index in [1.807, 2.05) is 12.3 Å². The third-order valence-electron chi connectivity index (χ3n) is 3.85. The summed E-state index contributed by atoms with van der Waals surface area (Å²) in [5.41, 5.74) is 2.09. The van der Waals surface area contributed by atoms with Crippen LogP contribution in [0.3, 0.4) is 0 Å². The molecule has 0 aliphatic rings. The molecule has 0 aliphatic heterocycles. The van der Waals surface area contributed by atoms with Gasteiger partial charge >= 0.3 is 0 Å². The van der Waals surface area contributed by atoms with Crippen LogP contribution in [-0.4, -0.2) is 15.0 Å². The summed E-state index contributed by atoms with van der Waals surface area (Å²) >= 11 is 0. The van der Waals surface area contributed by atoms with Gasteiger partial charge in [0.1, 0.15) is 5.82 Å². The summed E-state index contributed by atoms with van der Waals surface area (Å²) in [7, 11) is 0. The second-order valence-electron chi connectivity index (χ2n) is 5.65. The van der Waals surface area contributed by atoms with Gasteiger partial charge in [0, 0.05) is 12.6 Å². The van der Waals surface area contributed by atoms with Gasteiger partial charge in [-0.25, -0.2) is 4.98 Å². The lowest BCUT2D eigenvalue weighted by Gasteiger charge is -2.01. The monoisotopic (exact) mass is 273 g/mol. The first-order valence-corrected chi connectivity index (χ1v) is 8.18. The Hall–Kier alpha value is -1.38. The molecule has 0 aliphatic carbocycles. The molecule has 0 saturated heterocycles. The highest BCUT2D eigenvalue weighted by molar-refractivity contribution is 5.73. The quantitative estimate of drug-likeness (QED) is 0.617. The topological polar surface area (TPSA) is 41.6 Å². The highest BCUT2D eigenvalue weighted by atomic mass is 14.9. The van der Waals surface area contributed by atoms with Crippen LogP contribution >= 0.6 is 0 Å². The highest BCUT2D eigenvalue weighted by Gasteiger charge is 2.01. The van der Waals surface area contributed by atoms with Crippen LogP contribution in [0.1, 0.15) is 70.5 Å². The van der Waals surface area contributed by atoms with Crippen LogP contribution in [-0.2, 0) is 6.42 Å². The summed E-state index contributed by atoms with van der Waals surface area (Å²) in [4.78, 5) is 12.0. The van der Waals surface area contributed by atoms with Gasteiger partial charge in [-0.3, -0.25) is 4.98 Å². The zero-order valence-corrected chi connectivity index (χ0v) is 12.7. The predicted octanol–water partition coefficient (Wildman–Crippen LogP) is 5.03. The third kappa shape index (κ3) is 4.95. The Bertz CT molecular complexity index is 457. The second-order valence-corrected chi connectivity index (χ2v) is 5.65. The van der Waals surface area contributed by atoms with Crippen molar-refractivity contribution >= 4 is 11.0 Å². The van der Waals surface area contributed by atoms with E-state index in [2.05, 4.69) is 21.9 Å². The molecule has 0 unspecified atom stereocenters. The first-order chi connectivity index (χ1) is 9.90. The number of unbranched alkanes of at least 4 members (excludes halogenated alkanes) is 8. The number of imidazole rings is 1. The molecule has 2 heterocycles. The third-order valence-corrected chi connectivity index (χ3v) is 3.85. The van der Waals surface area contributed by atoms with E-state index in [1.54, 1.807) is 6.20 Å². The molecule has 3 nitrogen and oxygen atoms in total. The van der Waals surface area contributed by atoms with E-state index in [0.29, 0.717) is 0 Å². The summed E-state index contributed by atoms with van der Waals surface area (Å²) in [6.07, 6.45) is 17.0. The van der Waals surface area contributed by atoms with E-state index in [1.165, 1.54) is 57.8 Å². The molecule has 3 heteroatoms. The Morgan fingerprint density at radius 2 is 1.65 bits per heavy atom. The number of H-pyrrole nitrogens is 1. The molecule has 2 aromatic heterocycles. The van der Waals surface area contributed by atoms with Crippen molar-refractivity contribution in [1.29, 1.82) is 0 Å². The summed E-state index contributed by atoms with van der Waals surface area (Å²) in [5.74, 6) is 1.11. The lowest BCUT2D eigenvalue weighted by Crippen LogP contribution is -1.88. The van der Waals surface area contributed by atoms with Gasteiger partial charge < -0.3 is 4.98 Å². The molecule has 0 amide bonds. The van der Waals surface area contributed by atoms with Crippen LogP contribution in [0.15, 0.2) is 18.5 Å². The predicted molar refractivity (Wildman–Crippen MR) is 84.8 cm³/mol. The van der Waals surface area contributed by atoms with Crippen molar-refractivity contribution in [2.75, 3.05) is 0 Å². The fourth-order valence-corrected chi connectivity index (χ4v) is 2.63. The first-order valence-electron chi connectivity index (χ1n) is 8.18. The Kier molecular flexibility index (Phi) is 6.55. The number of aryl methyl sites for hydroxylation is 1. The van der Waals surface area contributed by atoms with Crippen molar-refractivity contribution in [3.05, 3.63) is 24.3 Å². The minimum absolute atomic E-state index is 1.03. The average Bonchev–Trinajstić information content (AvgIpc) is 2.88. The van der Waals surface area contributed by atoms with Crippen molar-refractivity contribution in [3.8, 4) is 0 Å². The Morgan fingerprint density at radius 1 is 0.950 bits per heavy atom. The van der Waals surface area contributed by atoms with Crippen molar-refractivity contribution in [1.82, 2.24) is 15.0 Å². The van der Waals surface area contributed by atoms with Crippen LogP contribution in [0.25, 0.3) is 11.0 Å². The van der Waals surface area contributed by atoms with Crippen molar-refractivity contribution in [3.63, 3.8) is 0 Å². The number of hydrogen-bond donors (Lipinski definition) is 1. The number of rotatable bonds is 10. The molecule has 0 fully saturated rings. The Balaban J connectivity index is 1.55. The SMILES string of the molecule is CCCCCCCCCCCc1nc2ccncc2[nH]1. The van der Waals surface area contributed by atoms with Crippen LogP contribution in [0, 0.1) is 0 Å². The molecule has 0 saturated carbocycles. The van der Waals surface area contributed by atoms with Crippen molar-refractivity contribution in [2.24, 2.45) is 0 Å². The molecule has 0 bridgehead atoms. The standard InChI is InChI=1S/C17H27N3/c1-2-3-4-5-6-7-8-9-10-11-17-19-15-12-13-18-14-16(15)20-17/h12-14H,2-11H2,1H3,(H,19,20). The van der Waals surface area contributed by atoms with Gasteiger partial charge in [0.25, 0.3) is 0 Å². The van der Waals surface area contributed by atoms with Gasteiger partial charge in [-0.1, -0.05) is 58.3 Å². The number of aromatic amines is 1. The number of nitrogens with zero attached hydrogens (tertiary/aromatic N) is 2. The lowest BCUT2D eigenvalue weighted by molar-refractivity contribution is 0.562. The molecule has 0 spiro atoms. The second kappa shape index (κ2) is 8.72. The highest BCUT2D eigenvalue weighted by Crippen LogP contribution is 2.13. The maximum atomic E-state index is 4.58. The van der Waals surface area contributed by atoms with Gasteiger partial charge in [-0.15, -0.1) is 0 Å². The molecule has 2 rings (SSSR count). The van der Waals surface area contributed by atoms with Gasteiger partial charge in [-0.05, 0) is 12.5 Å². The van der Waals surface area contributed by atoms with E-state index in [-0.39, 0.29) is 0 Å². The molecule has 0 atom stereocenters. The molecule has 0 radical (unpaired) electrons. The fraction of sp³-hybridized carbons (Fsp3) is 0.647. The maximum Gasteiger partial charge on any atom is 0.107 e. The number of aromatic nitrogens is 3. The molecular formula is C17H27N3. The van der Waals surface area contributed by atoms with Crippen LogP contribution in [0.5, 0.6) is 0 Å². The number of hydrogen-bond acceptors (Lipinski definition) is 2. The molecule has 1 N–H and O–H groups in total. The van der Waals surface area contributed by atoms with E-state index in [4.69, 9.17) is 0 Å². The van der Waals surface area contributed by atoms with Gasteiger partial charge in [0.05, 0.1) is 17.2 Å². The molecular weight excluding hydrogens is 246 g/mol. The zero-order chi connectivity index (χ0) is 14.0. The first kappa shape index (κ1) is 15.0. The Labute approximate surface area is 122 Å². The lowest BCUT2D eigenvalue weighted by atomic mass is 10.1. The molecule has 110 valence electrons. The van der Waals surface area contributed by atoms with Gasteiger partial charge in [-0.2, -0.15) is 0 Å². The smallest absolute Gasteiger partial charge is 0.107 e. The van der Waals surface area contributed by atoms with Crippen molar-refractivity contribution in [2.45, 2.75) is 71.1 Å². The summed E-state index contributed by atoms with van der Waals surface area (Å²) in [6, 6.07) is 1.96. The largest absolute Gasteiger partial charge is 0.341 e. The van der Waals surface area contributed by atoms with Gasteiger partial charge in [0.15, 0.2) is 0 Å². The fourth-order valence-electron chi connectivity index (χ4n) is 2.63. The van der Waals surface area contributed by atoms with E-state index in [9.17, 15) is 0 Å². The van der Waals surface area contributed by atoms with E-state index < -0.39 is 0 Å². The average molecular weight is 273 g/mol. The maximum absolute atomic E-state index is 4.58. The Morgan fingerprint density at radius 3 is 2.35 bits per heavy atom. The summed E-state index contributed by atoms with van der Waals surface area (Å²) in [6.45, 7) is 2.27. The minimum atomic E-state index is 1.03. The molecule has 20 heavy (non-hydrogen) atoms. The minimum Gasteiger partial charge on any atom is -0.341 e. The number of fused-ring (bicyclic) bond motifs is 1. The van der Waals surface area contributed by atoms with Crippen molar-refractivity contribution < 1.29 is 0 Å². The van der Waals surface area contributed by atoms with Gasteiger partial charge in [0.2, 0.25) is 0 Å². The number of nitrogens with one attached hydrogen (secondary N) is 1. The summed E-state index contributed by atoms with van der Waals surface area (Å²) < 4.78 is 0. The normalized spacial score (nSPS) is 11.2. The van der Waals surface area contributed by atoms with Crippen LogP contribution < -0.4 is 0 Å². The number of pyridine rings is 1. The molecule has 2 aromatic rings. The van der Waals surface area contributed by atoms with E-state index >= 15 is 0 Å². The zero-order valence-electron chi connectivity index (χ0n) is 12.7. The van der Waals surface area contributed by atoms with Crippen LogP contribution in [0.4, 0.5) is 0 Å².